The summed E-state index contributed by atoms with van der Waals surface area (Å²) in [6.45, 7) is 1.02. The van der Waals surface area contributed by atoms with Crippen LogP contribution in [-0.4, -0.2) is 34.3 Å². The van der Waals surface area contributed by atoms with E-state index in [-0.39, 0.29) is 12.5 Å². The van der Waals surface area contributed by atoms with Crippen LogP contribution >= 0.6 is 0 Å². The lowest BCUT2D eigenvalue weighted by Gasteiger charge is -2.12. The van der Waals surface area contributed by atoms with Gasteiger partial charge in [0.1, 0.15) is 11.4 Å². The Labute approximate surface area is 181 Å². The number of nitrogens with zero attached hydrogens (tertiary/aromatic N) is 2. The van der Waals surface area contributed by atoms with Gasteiger partial charge in [0.15, 0.2) is 0 Å². The molecule has 0 saturated carbocycles. The Morgan fingerprint density at radius 3 is 2.68 bits per heavy atom. The topological polar surface area (TPSA) is 76.4 Å². The number of hydrogen-bond donors (Lipinski definition) is 2. The molecule has 31 heavy (non-hydrogen) atoms. The van der Waals surface area contributed by atoms with Gasteiger partial charge in [-0.3, -0.25) is 9.78 Å². The molecule has 2 heterocycles. The number of carbonyl (C=O) groups is 1. The number of aliphatic hydroxyl groups is 1. The van der Waals surface area contributed by atoms with Crippen molar-refractivity contribution in [3.63, 3.8) is 0 Å². The van der Waals surface area contributed by atoms with Gasteiger partial charge in [-0.25, -0.2) is 0 Å². The molecule has 0 spiro atoms. The molecule has 2 aromatic heterocycles. The Kier molecular flexibility index (Phi) is 6.29. The number of aliphatic hydroxyl groups excluding tert-OH is 1. The van der Waals surface area contributed by atoms with Crippen LogP contribution in [0.4, 0.5) is 0 Å². The molecule has 0 saturated heterocycles. The zero-order valence-electron chi connectivity index (χ0n) is 17.4. The second-order valence-electron chi connectivity index (χ2n) is 7.30. The molecule has 0 unspecified atom stereocenters. The summed E-state index contributed by atoms with van der Waals surface area (Å²) in [6, 6.07) is 19.6. The number of carbonyl (C=O) groups excluding carboxylic acids is 1. The van der Waals surface area contributed by atoms with Gasteiger partial charge in [0.05, 0.1) is 7.11 Å². The Balaban J connectivity index is 1.64. The van der Waals surface area contributed by atoms with Gasteiger partial charge in [0.25, 0.3) is 5.91 Å². The van der Waals surface area contributed by atoms with E-state index >= 15 is 0 Å². The summed E-state index contributed by atoms with van der Waals surface area (Å²) in [7, 11) is 1.62. The third-order valence-corrected chi connectivity index (χ3v) is 5.28. The number of pyridine rings is 1. The maximum Gasteiger partial charge on any atom is 0.268 e. The van der Waals surface area contributed by atoms with E-state index in [2.05, 4.69) is 16.4 Å². The molecule has 6 nitrogen and oxygen atoms in total. The summed E-state index contributed by atoms with van der Waals surface area (Å²) in [4.78, 5) is 17.1. The van der Waals surface area contributed by atoms with E-state index in [0.717, 1.165) is 33.3 Å². The minimum atomic E-state index is -0.151. The van der Waals surface area contributed by atoms with Crippen molar-refractivity contribution in [2.45, 2.75) is 19.5 Å². The van der Waals surface area contributed by atoms with E-state index in [1.807, 2.05) is 59.2 Å². The third-order valence-electron chi connectivity index (χ3n) is 5.28. The molecule has 0 aliphatic rings. The van der Waals surface area contributed by atoms with Gasteiger partial charge in [-0.1, -0.05) is 24.3 Å². The van der Waals surface area contributed by atoms with Gasteiger partial charge in [-0.15, -0.1) is 0 Å². The third kappa shape index (κ3) is 4.59. The minimum Gasteiger partial charge on any atom is -0.497 e. The first-order chi connectivity index (χ1) is 15.2. The number of benzene rings is 2. The molecule has 0 bridgehead atoms. The van der Waals surface area contributed by atoms with Crippen LogP contribution < -0.4 is 10.1 Å². The molecule has 6 heteroatoms. The molecule has 0 radical (unpaired) electrons. The van der Waals surface area contributed by atoms with Gasteiger partial charge in [0, 0.05) is 43.0 Å². The van der Waals surface area contributed by atoms with E-state index in [9.17, 15) is 9.90 Å². The molecule has 0 fully saturated rings. The first kappa shape index (κ1) is 20.6. The number of aryl methyl sites for hydroxylation is 1. The Morgan fingerprint density at radius 2 is 1.90 bits per heavy atom. The number of methoxy groups -OCH3 is 1. The van der Waals surface area contributed by atoms with Crippen LogP contribution in [0.2, 0.25) is 0 Å². The van der Waals surface area contributed by atoms with E-state index in [4.69, 9.17) is 4.74 Å². The monoisotopic (exact) mass is 415 g/mol. The van der Waals surface area contributed by atoms with E-state index in [1.165, 1.54) is 0 Å². The molecule has 4 aromatic rings. The standard InChI is InChI=1S/C25H25N3O3/c1-31-22-5-2-4-18(14-22)17-27-25(30)24-16-21-7-6-20(19-8-10-26-11-9-19)15-23(21)28(24)12-3-13-29/h2,4-11,14-16,29H,3,12-13,17H2,1H3,(H,27,30). The van der Waals surface area contributed by atoms with Crippen LogP contribution in [0.5, 0.6) is 5.75 Å². The first-order valence-electron chi connectivity index (χ1n) is 10.3. The minimum absolute atomic E-state index is 0.0641. The summed E-state index contributed by atoms with van der Waals surface area (Å²) >= 11 is 0. The van der Waals surface area contributed by atoms with Crippen LogP contribution in [0.25, 0.3) is 22.0 Å². The van der Waals surface area contributed by atoms with Crippen molar-refractivity contribution < 1.29 is 14.6 Å². The lowest BCUT2D eigenvalue weighted by atomic mass is 10.1. The number of fused-ring (bicyclic) bond motifs is 1. The highest BCUT2D eigenvalue weighted by Gasteiger charge is 2.16. The van der Waals surface area contributed by atoms with Crippen LogP contribution in [0.15, 0.2) is 73.1 Å². The molecule has 4 rings (SSSR count). The van der Waals surface area contributed by atoms with Crippen LogP contribution in [0, 0.1) is 0 Å². The highest BCUT2D eigenvalue weighted by atomic mass is 16.5. The Hall–Kier alpha value is -3.64. The van der Waals surface area contributed by atoms with E-state index < -0.39 is 0 Å². The van der Waals surface area contributed by atoms with Gasteiger partial charge in [-0.05, 0) is 59.5 Å². The highest BCUT2D eigenvalue weighted by Crippen LogP contribution is 2.27. The SMILES string of the molecule is COc1cccc(CNC(=O)c2cc3ccc(-c4ccncc4)cc3n2CCCO)c1. The number of rotatable bonds is 8. The van der Waals surface area contributed by atoms with E-state index in [0.29, 0.717) is 25.2 Å². The second-order valence-corrected chi connectivity index (χ2v) is 7.30. The Morgan fingerprint density at radius 1 is 1.06 bits per heavy atom. The first-order valence-corrected chi connectivity index (χ1v) is 10.3. The van der Waals surface area contributed by atoms with Crippen molar-refractivity contribution in [2.24, 2.45) is 0 Å². The average Bonchev–Trinajstić information content (AvgIpc) is 3.19. The summed E-state index contributed by atoms with van der Waals surface area (Å²) in [6.07, 6.45) is 4.10. The van der Waals surface area contributed by atoms with Gasteiger partial charge >= 0.3 is 0 Å². The fraction of sp³-hybridized carbons (Fsp3) is 0.200. The predicted octanol–water partition coefficient (Wildman–Crippen LogP) is 4.02. The molecule has 2 N–H and O–H groups in total. The van der Waals surface area contributed by atoms with Crippen molar-refractivity contribution in [3.05, 3.63) is 84.3 Å². The molecule has 0 aliphatic carbocycles. The normalized spacial score (nSPS) is 10.9. The van der Waals surface area contributed by atoms with Crippen LogP contribution in [0.3, 0.4) is 0 Å². The molecule has 2 aromatic carbocycles. The fourth-order valence-electron chi connectivity index (χ4n) is 3.69. The number of aromatic nitrogens is 2. The molecule has 158 valence electrons. The van der Waals surface area contributed by atoms with Crippen molar-refractivity contribution >= 4 is 16.8 Å². The molecule has 0 atom stereocenters. The molecule has 1 amide bonds. The zero-order valence-corrected chi connectivity index (χ0v) is 17.4. The number of amides is 1. The van der Waals surface area contributed by atoms with Gasteiger partial charge in [-0.2, -0.15) is 0 Å². The Bertz CT molecular complexity index is 1190. The number of hydrogen-bond acceptors (Lipinski definition) is 4. The zero-order chi connectivity index (χ0) is 21.6. The highest BCUT2D eigenvalue weighted by molar-refractivity contribution is 5.99. The summed E-state index contributed by atoms with van der Waals surface area (Å²) < 4.78 is 7.24. The summed E-state index contributed by atoms with van der Waals surface area (Å²) in [5.74, 6) is 0.606. The average molecular weight is 415 g/mol. The summed E-state index contributed by atoms with van der Waals surface area (Å²) in [5.41, 5.74) is 4.63. The fourth-order valence-corrected chi connectivity index (χ4v) is 3.69. The van der Waals surface area contributed by atoms with Crippen molar-refractivity contribution in [3.8, 4) is 16.9 Å². The summed E-state index contributed by atoms with van der Waals surface area (Å²) in [5, 5.41) is 13.4. The molecular formula is C25H25N3O3. The second kappa shape index (κ2) is 9.45. The maximum absolute atomic E-state index is 13.0. The number of nitrogens with one attached hydrogen (secondary N) is 1. The van der Waals surface area contributed by atoms with Crippen molar-refractivity contribution in [2.75, 3.05) is 13.7 Å². The van der Waals surface area contributed by atoms with Crippen molar-refractivity contribution in [1.29, 1.82) is 0 Å². The van der Waals surface area contributed by atoms with Crippen LogP contribution in [-0.2, 0) is 13.1 Å². The van der Waals surface area contributed by atoms with Crippen molar-refractivity contribution in [1.82, 2.24) is 14.9 Å². The lowest BCUT2D eigenvalue weighted by Crippen LogP contribution is -2.25. The van der Waals surface area contributed by atoms with Gasteiger partial charge < -0.3 is 19.7 Å². The predicted molar refractivity (Wildman–Crippen MR) is 121 cm³/mol. The quantitative estimate of drug-likeness (QED) is 0.456. The lowest BCUT2D eigenvalue weighted by molar-refractivity contribution is 0.0941. The maximum atomic E-state index is 13.0. The smallest absolute Gasteiger partial charge is 0.268 e. The molecular weight excluding hydrogens is 390 g/mol. The van der Waals surface area contributed by atoms with E-state index in [1.54, 1.807) is 19.5 Å². The van der Waals surface area contributed by atoms with Crippen LogP contribution in [0.1, 0.15) is 22.5 Å². The number of ether oxygens (including phenoxy) is 1. The molecule has 0 aliphatic heterocycles. The largest absolute Gasteiger partial charge is 0.497 e. The van der Waals surface area contributed by atoms with Gasteiger partial charge in [0.2, 0.25) is 0 Å².